The third-order valence-electron chi connectivity index (χ3n) is 4.16. The predicted octanol–water partition coefficient (Wildman–Crippen LogP) is 2.01. The number of hydrogen-bond donors (Lipinski definition) is 0. The summed E-state index contributed by atoms with van der Waals surface area (Å²) in [5.41, 5.74) is 2.48. The maximum absolute atomic E-state index is 12.3. The normalized spacial score (nSPS) is 15.7. The minimum Gasteiger partial charge on any atom is -0.341 e. The van der Waals surface area contributed by atoms with E-state index in [-0.39, 0.29) is 11.8 Å². The van der Waals surface area contributed by atoms with Crippen LogP contribution in [0.5, 0.6) is 0 Å². The molecule has 0 spiro atoms. The Labute approximate surface area is 126 Å². The van der Waals surface area contributed by atoms with Crippen molar-refractivity contribution in [2.75, 3.05) is 26.2 Å². The molecule has 0 N–H and O–H groups in total. The maximum atomic E-state index is 12.3. The van der Waals surface area contributed by atoms with Gasteiger partial charge in [0.05, 0.1) is 0 Å². The molecular formula is C17H24N2O2. The lowest BCUT2D eigenvalue weighted by Gasteiger charge is -2.21. The van der Waals surface area contributed by atoms with Gasteiger partial charge >= 0.3 is 0 Å². The molecule has 0 atom stereocenters. The van der Waals surface area contributed by atoms with Crippen molar-refractivity contribution in [2.24, 2.45) is 0 Å². The molecule has 0 bridgehead atoms. The largest absolute Gasteiger partial charge is 0.341 e. The number of nitrogens with zero attached hydrogens (tertiary/aromatic N) is 2. The number of carbonyl (C=O) groups excluding carboxylic acids is 2. The zero-order valence-corrected chi connectivity index (χ0v) is 13.0. The number of amides is 2. The zero-order valence-electron chi connectivity index (χ0n) is 13.0. The van der Waals surface area contributed by atoms with E-state index >= 15 is 0 Å². The van der Waals surface area contributed by atoms with Gasteiger partial charge in [-0.2, -0.15) is 0 Å². The topological polar surface area (TPSA) is 40.6 Å². The molecule has 2 rings (SSSR count). The van der Waals surface area contributed by atoms with Crippen LogP contribution in [0.25, 0.3) is 0 Å². The lowest BCUT2D eigenvalue weighted by molar-refractivity contribution is -0.132. The Morgan fingerprint density at radius 3 is 2.43 bits per heavy atom. The van der Waals surface area contributed by atoms with Gasteiger partial charge in [-0.25, -0.2) is 0 Å². The van der Waals surface area contributed by atoms with E-state index in [9.17, 15) is 9.59 Å². The first-order valence-corrected chi connectivity index (χ1v) is 7.65. The highest BCUT2D eigenvalue weighted by Gasteiger charge is 2.20. The molecule has 1 aromatic rings. The van der Waals surface area contributed by atoms with Gasteiger partial charge in [0.25, 0.3) is 0 Å². The average Bonchev–Trinajstić information content (AvgIpc) is 2.72. The van der Waals surface area contributed by atoms with Crippen molar-refractivity contribution in [1.82, 2.24) is 9.80 Å². The van der Waals surface area contributed by atoms with Crippen molar-refractivity contribution < 1.29 is 9.59 Å². The summed E-state index contributed by atoms with van der Waals surface area (Å²) >= 11 is 0. The first-order valence-electron chi connectivity index (χ1n) is 7.65. The molecule has 1 aromatic carbocycles. The van der Waals surface area contributed by atoms with Gasteiger partial charge in [-0.15, -0.1) is 0 Å². The van der Waals surface area contributed by atoms with Crippen LogP contribution in [0, 0.1) is 6.92 Å². The van der Waals surface area contributed by atoms with E-state index in [0.717, 1.165) is 25.9 Å². The van der Waals surface area contributed by atoms with E-state index in [0.29, 0.717) is 19.5 Å². The second-order valence-electron chi connectivity index (χ2n) is 5.67. The molecule has 0 aromatic heterocycles. The van der Waals surface area contributed by atoms with Gasteiger partial charge in [0.2, 0.25) is 11.8 Å². The Bertz CT molecular complexity index is 513. The number of aryl methyl sites for hydroxylation is 2. The summed E-state index contributed by atoms with van der Waals surface area (Å²) in [5, 5.41) is 0. The number of carbonyl (C=O) groups is 2. The van der Waals surface area contributed by atoms with Crippen molar-refractivity contribution in [2.45, 2.75) is 33.1 Å². The first kappa shape index (κ1) is 15.5. The van der Waals surface area contributed by atoms with E-state index in [1.807, 2.05) is 21.9 Å². The SMILES string of the molecule is CC(=O)N1CCCN(C(=O)CCc2ccccc2C)CC1. The van der Waals surface area contributed by atoms with E-state index in [1.54, 1.807) is 6.92 Å². The number of rotatable bonds is 3. The van der Waals surface area contributed by atoms with E-state index in [2.05, 4.69) is 19.1 Å². The van der Waals surface area contributed by atoms with Crippen molar-refractivity contribution in [1.29, 1.82) is 0 Å². The molecule has 1 fully saturated rings. The summed E-state index contributed by atoms with van der Waals surface area (Å²) in [6.45, 7) is 6.51. The minimum atomic E-state index is 0.101. The Balaban J connectivity index is 1.86. The minimum absolute atomic E-state index is 0.101. The molecule has 0 saturated carbocycles. The maximum Gasteiger partial charge on any atom is 0.222 e. The van der Waals surface area contributed by atoms with Crippen LogP contribution in [0.1, 0.15) is 30.9 Å². The average molecular weight is 288 g/mol. The molecule has 1 aliphatic heterocycles. The highest BCUT2D eigenvalue weighted by molar-refractivity contribution is 5.77. The number of benzene rings is 1. The smallest absolute Gasteiger partial charge is 0.222 e. The predicted molar refractivity (Wildman–Crippen MR) is 83.0 cm³/mol. The van der Waals surface area contributed by atoms with Crippen LogP contribution >= 0.6 is 0 Å². The standard InChI is InChI=1S/C17H24N2O2/c1-14-6-3-4-7-16(14)8-9-17(21)19-11-5-10-18(12-13-19)15(2)20/h3-4,6-7H,5,8-13H2,1-2H3. The fourth-order valence-electron chi connectivity index (χ4n) is 2.77. The van der Waals surface area contributed by atoms with Crippen LogP contribution in [-0.4, -0.2) is 47.8 Å². The van der Waals surface area contributed by atoms with Crippen molar-refractivity contribution in [3.8, 4) is 0 Å². The second kappa shape index (κ2) is 7.25. The van der Waals surface area contributed by atoms with Gasteiger partial charge in [-0.1, -0.05) is 24.3 Å². The fourth-order valence-corrected chi connectivity index (χ4v) is 2.77. The van der Waals surface area contributed by atoms with Crippen LogP contribution in [0.4, 0.5) is 0 Å². The summed E-state index contributed by atoms with van der Waals surface area (Å²) in [4.78, 5) is 27.5. The summed E-state index contributed by atoms with van der Waals surface area (Å²) in [6.07, 6.45) is 2.21. The summed E-state index contributed by atoms with van der Waals surface area (Å²) in [7, 11) is 0. The van der Waals surface area contributed by atoms with Gasteiger partial charge in [-0.3, -0.25) is 9.59 Å². The quantitative estimate of drug-likeness (QED) is 0.853. The fraction of sp³-hybridized carbons (Fsp3) is 0.529. The third-order valence-corrected chi connectivity index (χ3v) is 4.16. The van der Waals surface area contributed by atoms with Gasteiger partial charge in [0.15, 0.2) is 0 Å². The van der Waals surface area contributed by atoms with E-state index in [4.69, 9.17) is 0 Å². The van der Waals surface area contributed by atoms with Gasteiger partial charge in [0.1, 0.15) is 0 Å². The third kappa shape index (κ3) is 4.31. The molecule has 1 heterocycles. The Hall–Kier alpha value is -1.84. The monoisotopic (exact) mass is 288 g/mol. The van der Waals surface area contributed by atoms with Crippen LogP contribution in [-0.2, 0) is 16.0 Å². The van der Waals surface area contributed by atoms with E-state index < -0.39 is 0 Å². The highest BCUT2D eigenvalue weighted by Crippen LogP contribution is 2.12. The van der Waals surface area contributed by atoms with Gasteiger partial charge in [0, 0.05) is 39.5 Å². The van der Waals surface area contributed by atoms with E-state index in [1.165, 1.54) is 11.1 Å². The van der Waals surface area contributed by atoms with Crippen LogP contribution in [0.3, 0.4) is 0 Å². The molecule has 4 nitrogen and oxygen atoms in total. The molecule has 0 unspecified atom stereocenters. The molecular weight excluding hydrogens is 264 g/mol. The molecule has 21 heavy (non-hydrogen) atoms. The van der Waals surface area contributed by atoms with Crippen LogP contribution < -0.4 is 0 Å². The number of hydrogen-bond acceptors (Lipinski definition) is 2. The highest BCUT2D eigenvalue weighted by atomic mass is 16.2. The van der Waals surface area contributed by atoms with Crippen LogP contribution in [0.2, 0.25) is 0 Å². The van der Waals surface area contributed by atoms with Crippen LogP contribution in [0.15, 0.2) is 24.3 Å². The molecule has 0 radical (unpaired) electrons. The summed E-state index contributed by atoms with van der Waals surface area (Å²) in [6, 6.07) is 8.20. The lowest BCUT2D eigenvalue weighted by atomic mass is 10.0. The molecule has 1 saturated heterocycles. The Kier molecular flexibility index (Phi) is 5.37. The molecule has 1 aliphatic rings. The molecule has 4 heteroatoms. The van der Waals surface area contributed by atoms with Gasteiger partial charge in [-0.05, 0) is 30.9 Å². The van der Waals surface area contributed by atoms with Crippen molar-refractivity contribution in [3.63, 3.8) is 0 Å². The lowest BCUT2D eigenvalue weighted by Crippen LogP contribution is -2.36. The molecule has 2 amide bonds. The van der Waals surface area contributed by atoms with Crippen molar-refractivity contribution >= 4 is 11.8 Å². The van der Waals surface area contributed by atoms with Gasteiger partial charge < -0.3 is 9.80 Å². The Morgan fingerprint density at radius 1 is 1.05 bits per heavy atom. The van der Waals surface area contributed by atoms with Crippen molar-refractivity contribution in [3.05, 3.63) is 35.4 Å². The molecule has 114 valence electrons. The first-order chi connectivity index (χ1) is 10.1. The second-order valence-corrected chi connectivity index (χ2v) is 5.67. The summed E-state index contributed by atoms with van der Waals surface area (Å²) < 4.78 is 0. The molecule has 0 aliphatic carbocycles. The Morgan fingerprint density at radius 2 is 1.71 bits per heavy atom. The zero-order chi connectivity index (χ0) is 15.2. The summed E-state index contributed by atoms with van der Waals surface area (Å²) in [5.74, 6) is 0.299.